The molecule has 2 N–H and O–H groups in total. The number of nitrogens with zero attached hydrogens (tertiary/aromatic N) is 1. The highest BCUT2D eigenvalue weighted by atomic mass is 35.5. The summed E-state index contributed by atoms with van der Waals surface area (Å²) in [5, 5.41) is 11.7. The molecule has 0 fully saturated rings. The van der Waals surface area contributed by atoms with E-state index in [0.29, 0.717) is 0 Å². The molecular weight excluding hydrogens is 294 g/mol. The average Bonchev–Trinajstić information content (AvgIpc) is 3.03. The van der Waals surface area contributed by atoms with Crippen LogP contribution >= 0.6 is 11.6 Å². The van der Waals surface area contributed by atoms with Crippen LogP contribution in [0.25, 0.3) is 11.3 Å². The van der Waals surface area contributed by atoms with Gasteiger partial charge in [-0.2, -0.15) is 5.10 Å². The Morgan fingerprint density at radius 2 is 1.77 bits per heavy atom. The number of aromatic amines is 1. The van der Waals surface area contributed by atoms with E-state index in [1.165, 1.54) is 0 Å². The fraction of sp³-hybridized carbons (Fsp3) is 0.167. The van der Waals surface area contributed by atoms with Crippen LogP contribution in [0.5, 0.6) is 0 Å². The van der Waals surface area contributed by atoms with Crippen molar-refractivity contribution in [2.45, 2.75) is 13.0 Å². The maximum absolute atomic E-state index is 6.14. The molecule has 0 bridgehead atoms. The first-order chi connectivity index (χ1) is 10.8. The highest BCUT2D eigenvalue weighted by Gasteiger charge is 2.03. The van der Waals surface area contributed by atoms with Crippen LogP contribution in [0.2, 0.25) is 5.02 Å². The van der Waals surface area contributed by atoms with Gasteiger partial charge in [-0.25, -0.2) is 0 Å². The Kier molecular flexibility index (Phi) is 4.88. The third-order valence-electron chi connectivity index (χ3n) is 3.54. The van der Waals surface area contributed by atoms with Crippen LogP contribution in [0.1, 0.15) is 11.3 Å². The third kappa shape index (κ3) is 3.75. The number of aromatic nitrogens is 2. The first-order valence-electron chi connectivity index (χ1n) is 7.37. The topological polar surface area (TPSA) is 40.7 Å². The lowest BCUT2D eigenvalue weighted by Gasteiger charge is -2.05. The van der Waals surface area contributed by atoms with Crippen molar-refractivity contribution in [2.24, 2.45) is 0 Å². The van der Waals surface area contributed by atoms with Gasteiger partial charge < -0.3 is 5.32 Å². The lowest BCUT2D eigenvalue weighted by Crippen LogP contribution is -2.17. The number of halogens is 1. The second-order valence-corrected chi connectivity index (χ2v) is 5.57. The van der Waals surface area contributed by atoms with E-state index >= 15 is 0 Å². The molecule has 22 heavy (non-hydrogen) atoms. The number of nitrogens with one attached hydrogen (secondary N) is 2. The molecule has 112 valence electrons. The summed E-state index contributed by atoms with van der Waals surface area (Å²) in [5.74, 6) is 0. The molecule has 3 nitrogen and oxygen atoms in total. The number of H-pyrrole nitrogens is 1. The smallest absolute Gasteiger partial charge is 0.0923 e. The second kappa shape index (κ2) is 7.25. The Morgan fingerprint density at radius 3 is 2.59 bits per heavy atom. The van der Waals surface area contributed by atoms with Crippen molar-refractivity contribution in [3.05, 3.63) is 76.9 Å². The van der Waals surface area contributed by atoms with Gasteiger partial charge in [0.2, 0.25) is 0 Å². The quantitative estimate of drug-likeness (QED) is 0.674. The summed E-state index contributed by atoms with van der Waals surface area (Å²) in [7, 11) is 0. The van der Waals surface area contributed by atoms with E-state index in [1.807, 2.05) is 42.5 Å². The van der Waals surface area contributed by atoms with Gasteiger partial charge in [0.15, 0.2) is 0 Å². The van der Waals surface area contributed by atoms with Crippen molar-refractivity contribution in [1.29, 1.82) is 0 Å². The third-order valence-corrected chi connectivity index (χ3v) is 3.91. The lowest BCUT2D eigenvalue weighted by atomic mass is 10.1. The highest BCUT2D eigenvalue weighted by Crippen LogP contribution is 2.17. The molecule has 2 aromatic carbocycles. The molecule has 0 atom stereocenters. The van der Waals surface area contributed by atoms with Gasteiger partial charge in [-0.15, -0.1) is 0 Å². The maximum atomic E-state index is 6.14. The van der Waals surface area contributed by atoms with Crippen LogP contribution in [0.4, 0.5) is 0 Å². The molecule has 3 aromatic rings. The van der Waals surface area contributed by atoms with Crippen molar-refractivity contribution in [2.75, 3.05) is 6.54 Å². The minimum Gasteiger partial charge on any atom is -0.312 e. The molecule has 0 amide bonds. The first-order valence-corrected chi connectivity index (χ1v) is 7.74. The molecule has 1 heterocycles. The van der Waals surface area contributed by atoms with Gasteiger partial charge in [0.1, 0.15) is 0 Å². The van der Waals surface area contributed by atoms with Crippen molar-refractivity contribution in [3.63, 3.8) is 0 Å². The van der Waals surface area contributed by atoms with Crippen LogP contribution in [0.15, 0.2) is 60.7 Å². The molecule has 3 rings (SSSR count). The van der Waals surface area contributed by atoms with Gasteiger partial charge in [0.25, 0.3) is 0 Å². The summed E-state index contributed by atoms with van der Waals surface area (Å²) in [4.78, 5) is 0. The molecule has 0 aliphatic heterocycles. The number of hydrogen-bond donors (Lipinski definition) is 2. The Labute approximate surface area is 135 Å². The molecule has 0 unspecified atom stereocenters. The van der Waals surface area contributed by atoms with Crippen LogP contribution < -0.4 is 5.32 Å². The van der Waals surface area contributed by atoms with Crippen molar-refractivity contribution < 1.29 is 0 Å². The predicted molar refractivity (Wildman–Crippen MR) is 90.9 cm³/mol. The zero-order chi connectivity index (χ0) is 15.2. The van der Waals surface area contributed by atoms with Gasteiger partial charge in [-0.05, 0) is 17.7 Å². The van der Waals surface area contributed by atoms with E-state index in [0.717, 1.165) is 47.0 Å². The maximum Gasteiger partial charge on any atom is 0.0923 e. The van der Waals surface area contributed by atoms with E-state index in [-0.39, 0.29) is 0 Å². The van der Waals surface area contributed by atoms with Crippen molar-refractivity contribution >= 4 is 11.6 Å². The monoisotopic (exact) mass is 311 g/mol. The van der Waals surface area contributed by atoms with Gasteiger partial charge in [0.05, 0.1) is 5.69 Å². The Morgan fingerprint density at radius 1 is 1.00 bits per heavy atom. The Balaban J connectivity index is 1.51. The van der Waals surface area contributed by atoms with Crippen molar-refractivity contribution in [1.82, 2.24) is 15.5 Å². The van der Waals surface area contributed by atoms with Crippen LogP contribution in [-0.4, -0.2) is 16.7 Å². The summed E-state index contributed by atoms with van der Waals surface area (Å²) in [5.41, 5.74) is 4.37. The zero-order valence-electron chi connectivity index (χ0n) is 12.2. The minimum atomic E-state index is 0.777. The fourth-order valence-electron chi connectivity index (χ4n) is 2.33. The molecule has 0 aliphatic carbocycles. The zero-order valence-corrected chi connectivity index (χ0v) is 13.0. The Bertz CT molecular complexity index is 722. The van der Waals surface area contributed by atoms with Crippen molar-refractivity contribution in [3.8, 4) is 11.3 Å². The number of hydrogen-bond acceptors (Lipinski definition) is 2. The molecule has 0 spiro atoms. The number of benzene rings is 2. The number of rotatable bonds is 6. The van der Waals surface area contributed by atoms with E-state index in [9.17, 15) is 0 Å². The molecule has 4 heteroatoms. The predicted octanol–water partition coefficient (Wildman–Crippen LogP) is 4.06. The normalized spacial score (nSPS) is 10.8. The standard InChI is InChI=1S/C18H18ClN3/c19-17-9-5-4-8-15(17)13-20-11-10-16-12-18(22-21-16)14-6-2-1-3-7-14/h1-9,12,20H,10-11,13H2,(H,21,22). The molecule has 1 aromatic heterocycles. The van der Waals surface area contributed by atoms with E-state index < -0.39 is 0 Å². The first kappa shape index (κ1) is 14.8. The van der Waals surface area contributed by atoms with Gasteiger partial charge in [-0.1, -0.05) is 60.1 Å². The molecule has 0 radical (unpaired) electrons. The molecule has 0 saturated carbocycles. The highest BCUT2D eigenvalue weighted by molar-refractivity contribution is 6.31. The average molecular weight is 312 g/mol. The molecular formula is C18H18ClN3. The summed E-state index contributed by atoms with van der Waals surface area (Å²) < 4.78 is 0. The SMILES string of the molecule is Clc1ccccc1CNCCc1cc(-c2ccccc2)n[nH]1. The minimum absolute atomic E-state index is 0.777. The fourth-order valence-corrected chi connectivity index (χ4v) is 2.54. The van der Waals surface area contributed by atoms with Crippen LogP contribution in [0, 0.1) is 0 Å². The lowest BCUT2D eigenvalue weighted by molar-refractivity contribution is 0.679. The van der Waals surface area contributed by atoms with Gasteiger partial charge >= 0.3 is 0 Å². The van der Waals surface area contributed by atoms with Crippen LogP contribution in [0.3, 0.4) is 0 Å². The van der Waals surface area contributed by atoms with Gasteiger partial charge in [0, 0.05) is 35.8 Å². The van der Waals surface area contributed by atoms with Gasteiger partial charge in [-0.3, -0.25) is 5.10 Å². The molecule has 0 aliphatic rings. The largest absolute Gasteiger partial charge is 0.312 e. The summed E-state index contributed by atoms with van der Waals surface area (Å²) in [6, 6.07) is 20.2. The molecule has 0 saturated heterocycles. The second-order valence-electron chi connectivity index (χ2n) is 5.16. The van der Waals surface area contributed by atoms with E-state index in [4.69, 9.17) is 11.6 Å². The van der Waals surface area contributed by atoms with E-state index in [2.05, 4.69) is 33.7 Å². The summed E-state index contributed by atoms with van der Waals surface area (Å²) in [6.45, 7) is 1.65. The van der Waals surface area contributed by atoms with E-state index in [1.54, 1.807) is 0 Å². The Hall–Kier alpha value is -2.10. The van der Waals surface area contributed by atoms with Crippen LogP contribution in [-0.2, 0) is 13.0 Å². The summed E-state index contributed by atoms with van der Waals surface area (Å²) >= 11 is 6.14. The summed E-state index contributed by atoms with van der Waals surface area (Å²) in [6.07, 6.45) is 0.907.